The fourth-order valence-corrected chi connectivity index (χ4v) is 3.79. The van der Waals surface area contributed by atoms with Crippen molar-refractivity contribution in [2.24, 2.45) is 0 Å². The van der Waals surface area contributed by atoms with Crippen molar-refractivity contribution in [3.05, 3.63) is 81.7 Å². The topological polar surface area (TPSA) is 60.9 Å². The highest BCUT2D eigenvalue weighted by molar-refractivity contribution is 5.98. The minimum atomic E-state index is -4.91. The highest BCUT2D eigenvalue weighted by Crippen LogP contribution is 2.39. The first kappa shape index (κ1) is 24.3. The molecule has 0 aliphatic rings. The van der Waals surface area contributed by atoms with E-state index in [2.05, 4.69) is 5.10 Å². The molecular weight excluding hydrogens is 448 g/mol. The number of hydrogen-bond donors (Lipinski definition) is 1. The second-order valence-electron chi connectivity index (χ2n) is 7.92. The average Bonchev–Trinajstić information content (AvgIpc) is 3.05. The number of halogens is 6. The van der Waals surface area contributed by atoms with Crippen LogP contribution in [0.2, 0.25) is 0 Å². The van der Waals surface area contributed by atoms with Gasteiger partial charge in [0, 0.05) is 23.4 Å². The first-order valence-corrected chi connectivity index (χ1v) is 9.87. The van der Waals surface area contributed by atoms with Gasteiger partial charge in [0.05, 0.1) is 0 Å². The van der Waals surface area contributed by atoms with E-state index in [0.29, 0.717) is 38.7 Å². The summed E-state index contributed by atoms with van der Waals surface area (Å²) in [7, 11) is 0. The standard InChI is InChI=1S/C23H21F6N3O/c1-12-7-16(8-13(2)18(12)11-19(33)15-5-4-6-17(30)10-15)21(23(27,28)29)32-14(3)9-20(31-32)22(24,25)26/h4-10,21H,11,30H2,1-3H3. The van der Waals surface area contributed by atoms with Crippen LogP contribution >= 0.6 is 0 Å². The molecular formula is C23H21F6N3O. The summed E-state index contributed by atoms with van der Waals surface area (Å²) in [5, 5.41) is 3.21. The number of rotatable bonds is 5. The van der Waals surface area contributed by atoms with E-state index in [0.717, 1.165) is 6.92 Å². The van der Waals surface area contributed by atoms with Crippen LogP contribution in [-0.2, 0) is 12.6 Å². The number of nitrogens with zero attached hydrogens (tertiary/aromatic N) is 2. The molecule has 1 aromatic heterocycles. The van der Waals surface area contributed by atoms with Crippen LogP contribution in [0, 0.1) is 20.8 Å². The number of hydrogen-bond acceptors (Lipinski definition) is 3. The smallest absolute Gasteiger partial charge is 0.399 e. The Morgan fingerprint density at radius 3 is 2.09 bits per heavy atom. The van der Waals surface area contributed by atoms with Crippen molar-refractivity contribution < 1.29 is 31.1 Å². The van der Waals surface area contributed by atoms with Crippen LogP contribution in [0.4, 0.5) is 32.0 Å². The number of anilines is 1. The van der Waals surface area contributed by atoms with Crippen LogP contribution in [-0.4, -0.2) is 21.7 Å². The Labute approximate surface area is 186 Å². The molecule has 0 fully saturated rings. The fourth-order valence-electron chi connectivity index (χ4n) is 3.79. The number of carbonyl (C=O) groups excluding carboxylic acids is 1. The molecule has 3 aromatic rings. The van der Waals surface area contributed by atoms with E-state index in [1.807, 2.05) is 0 Å². The van der Waals surface area contributed by atoms with Crippen molar-refractivity contribution in [2.75, 3.05) is 5.73 Å². The maximum absolute atomic E-state index is 14.0. The summed E-state index contributed by atoms with van der Waals surface area (Å²) < 4.78 is 81.4. The van der Waals surface area contributed by atoms with Crippen molar-refractivity contribution >= 4 is 11.5 Å². The largest absolute Gasteiger partial charge is 0.435 e. The number of benzene rings is 2. The molecule has 0 bridgehead atoms. The summed E-state index contributed by atoms with van der Waals surface area (Å²) >= 11 is 0. The van der Waals surface area contributed by atoms with Gasteiger partial charge in [-0.25, -0.2) is 0 Å². The molecule has 2 aromatic carbocycles. The predicted molar refractivity (Wildman–Crippen MR) is 111 cm³/mol. The van der Waals surface area contributed by atoms with E-state index < -0.39 is 24.1 Å². The zero-order valence-corrected chi connectivity index (χ0v) is 18.0. The van der Waals surface area contributed by atoms with Crippen LogP contribution in [0.15, 0.2) is 42.5 Å². The molecule has 0 amide bonds. The van der Waals surface area contributed by atoms with Gasteiger partial charge in [-0.05, 0) is 61.2 Å². The SMILES string of the molecule is Cc1cc(C(n2nc(C(F)(F)F)cc2C)C(F)(F)F)cc(C)c1CC(=O)c1cccc(N)c1. The van der Waals surface area contributed by atoms with Gasteiger partial charge >= 0.3 is 12.4 Å². The van der Waals surface area contributed by atoms with Gasteiger partial charge in [-0.2, -0.15) is 31.4 Å². The molecule has 0 aliphatic carbocycles. The molecule has 4 nitrogen and oxygen atoms in total. The number of alkyl halides is 6. The van der Waals surface area contributed by atoms with Gasteiger partial charge < -0.3 is 5.73 Å². The Bertz CT molecular complexity index is 1170. The van der Waals surface area contributed by atoms with Crippen LogP contribution < -0.4 is 5.73 Å². The number of carbonyl (C=O) groups is 1. The lowest BCUT2D eigenvalue weighted by molar-refractivity contribution is -0.162. The van der Waals surface area contributed by atoms with Crippen molar-refractivity contribution in [1.82, 2.24) is 9.78 Å². The van der Waals surface area contributed by atoms with Crippen LogP contribution in [0.3, 0.4) is 0 Å². The number of ketones is 1. The quantitative estimate of drug-likeness (QED) is 0.284. The molecule has 3 rings (SSSR count). The van der Waals surface area contributed by atoms with Gasteiger partial charge in [0.1, 0.15) is 0 Å². The summed E-state index contributed by atoms with van der Waals surface area (Å²) in [6.45, 7) is 4.26. The molecule has 1 atom stereocenters. The minimum absolute atomic E-state index is 0.0584. The summed E-state index contributed by atoms with van der Waals surface area (Å²) in [4.78, 5) is 12.7. The monoisotopic (exact) mass is 469 g/mol. The highest BCUT2D eigenvalue weighted by atomic mass is 19.4. The Balaban J connectivity index is 2.03. The number of aryl methyl sites for hydroxylation is 3. The van der Waals surface area contributed by atoms with Crippen LogP contribution in [0.1, 0.15) is 50.0 Å². The molecule has 0 saturated heterocycles. The first-order chi connectivity index (χ1) is 15.2. The highest BCUT2D eigenvalue weighted by Gasteiger charge is 2.45. The summed E-state index contributed by atoms with van der Waals surface area (Å²) in [5.41, 5.74) is 5.91. The van der Waals surface area contributed by atoms with Gasteiger partial charge in [-0.3, -0.25) is 9.48 Å². The molecule has 0 saturated carbocycles. The molecule has 176 valence electrons. The number of Topliss-reactive ketones (excluding diaryl/α,β-unsaturated/α-hetero) is 1. The molecule has 0 radical (unpaired) electrons. The lowest BCUT2D eigenvalue weighted by Crippen LogP contribution is -2.30. The van der Waals surface area contributed by atoms with E-state index in [1.54, 1.807) is 32.0 Å². The molecule has 0 aliphatic heterocycles. The Morgan fingerprint density at radius 2 is 1.61 bits per heavy atom. The lowest BCUT2D eigenvalue weighted by atomic mass is 9.91. The van der Waals surface area contributed by atoms with Crippen LogP contribution in [0.25, 0.3) is 0 Å². The Kier molecular flexibility index (Phi) is 6.32. The summed E-state index contributed by atoms with van der Waals surface area (Å²) in [6.07, 6.45) is -9.84. The van der Waals surface area contributed by atoms with Gasteiger partial charge in [0.15, 0.2) is 17.5 Å². The Morgan fingerprint density at radius 1 is 1.00 bits per heavy atom. The maximum atomic E-state index is 14.0. The number of aromatic nitrogens is 2. The number of nitrogen functional groups attached to an aromatic ring is 1. The van der Waals surface area contributed by atoms with Gasteiger partial charge in [-0.1, -0.05) is 24.3 Å². The van der Waals surface area contributed by atoms with E-state index in [9.17, 15) is 31.1 Å². The zero-order chi connectivity index (χ0) is 24.7. The first-order valence-electron chi connectivity index (χ1n) is 9.87. The second kappa shape index (κ2) is 8.57. The lowest BCUT2D eigenvalue weighted by Gasteiger charge is -2.24. The maximum Gasteiger partial charge on any atom is 0.435 e. The van der Waals surface area contributed by atoms with Gasteiger partial charge in [0.2, 0.25) is 0 Å². The normalized spacial score (nSPS) is 13.2. The summed E-state index contributed by atoms with van der Waals surface area (Å²) in [6, 6.07) is 7.00. The van der Waals surface area contributed by atoms with E-state index in [-0.39, 0.29) is 23.5 Å². The van der Waals surface area contributed by atoms with Crippen molar-refractivity contribution in [3.8, 4) is 0 Å². The van der Waals surface area contributed by atoms with E-state index in [1.165, 1.54) is 18.2 Å². The third kappa shape index (κ3) is 5.20. The molecule has 1 unspecified atom stereocenters. The minimum Gasteiger partial charge on any atom is -0.399 e. The molecule has 0 spiro atoms. The van der Waals surface area contributed by atoms with E-state index >= 15 is 0 Å². The third-order valence-corrected chi connectivity index (χ3v) is 5.35. The van der Waals surface area contributed by atoms with E-state index in [4.69, 9.17) is 5.73 Å². The summed E-state index contributed by atoms with van der Waals surface area (Å²) in [5.74, 6) is -0.258. The van der Waals surface area contributed by atoms with Crippen molar-refractivity contribution in [2.45, 2.75) is 45.6 Å². The third-order valence-electron chi connectivity index (χ3n) is 5.35. The van der Waals surface area contributed by atoms with Crippen LogP contribution in [0.5, 0.6) is 0 Å². The Hall–Kier alpha value is -3.30. The molecule has 1 heterocycles. The predicted octanol–water partition coefficient (Wildman–Crippen LogP) is 5.99. The average molecular weight is 469 g/mol. The van der Waals surface area contributed by atoms with Gasteiger partial charge in [-0.15, -0.1) is 0 Å². The molecule has 33 heavy (non-hydrogen) atoms. The fraction of sp³-hybridized carbons (Fsp3) is 0.304. The number of nitrogens with two attached hydrogens (primary N) is 1. The van der Waals surface area contributed by atoms with Gasteiger partial charge in [0.25, 0.3) is 0 Å². The zero-order valence-electron chi connectivity index (χ0n) is 18.0. The molecule has 10 heteroatoms. The van der Waals surface area contributed by atoms with Crippen molar-refractivity contribution in [1.29, 1.82) is 0 Å². The molecule has 2 N–H and O–H groups in total. The van der Waals surface area contributed by atoms with Crippen molar-refractivity contribution in [3.63, 3.8) is 0 Å². The second-order valence-corrected chi connectivity index (χ2v) is 7.92.